The Morgan fingerprint density at radius 3 is 2.89 bits per heavy atom. The number of primary amides is 1. The van der Waals surface area contributed by atoms with Gasteiger partial charge in [0.2, 0.25) is 0 Å². The second-order valence-electron chi connectivity index (χ2n) is 4.18. The molecule has 2 aromatic rings. The van der Waals surface area contributed by atoms with Crippen LogP contribution < -0.4 is 16.8 Å². The summed E-state index contributed by atoms with van der Waals surface area (Å²) in [6.07, 6.45) is 3.32. The van der Waals surface area contributed by atoms with Gasteiger partial charge in [-0.1, -0.05) is 0 Å². The first-order valence-corrected chi connectivity index (χ1v) is 5.85. The molecule has 0 unspecified atom stereocenters. The third-order valence-electron chi connectivity index (χ3n) is 2.59. The van der Waals surface area contributed by atoms with Gasteiger partial charge in [-0.2, -0.15) is 5.10 Å². The lowest BCUT2D eigenvalue weighted by Crippen LogP contribution is -2.18. The number of anilines is 2. The van der Waals surface area contributed by atoms with Crippen LogP contribution in [-0.4, -0.2) is 27.2 Å². The van der Waals surface area contributed by atoms with E-state index in [0.29, 0.717) is 30.2 Å². The Hall–Kier alpha value is -2.57. The van der Waals surface area contributed by atoms with Gasteiger partial charge in [-0.05, 0) is 19.1 Å². The monoisotopic (exact) mass is 260 g/mol. The van der Waals surface area contributed by atoms with Crippen LogP contribution in [0.15, 0.2) is 24.5 Å². The average Bonchev–Trinajstić information content (AvgIpc) is 2.75. The zero-order chi connectivity index (χ0) is 13.8. The molecule has 2 rings (SSSR count). The van der Waals surface area contributed by atoms with E-state index in [9.17, 15) is 4.79 Å². The molecule has 2 aromatic heterocycles. The van der Waals surface area contributed by atoms with Crippen LogP contribution in [0.1, 0.15) is 16.1 Å². The number of nitrogens with zero attached hydrogens (tertiary/aromatic N) is 3. The second-order valence-corrected chi connectivity index (χ2v) is 4.18. The van der Waals surface area contributed by atoms with Crippen molar-refractivity contribution in [2.75, 3.05) is 17.6 Å². The summed E-state index contributed by atoms with van der Waals surface area (Å²) < 4.78 is 1.71. The summed E-state index contributed by atoms with van der Waals surface area (Å²) in [7, 11) is 0. The first-order valence-electron chi connectivity index (χ1n) is 5.85. The van der Waals surface area contributed by atoms with Crippen molar-refractivity contribution in [1.82, 2.24) is 14.8 Å². The maximum absolute atomic E-state index is 11.3. The molecule has 0 bridgehead atoms. The van der Waals surface area contributed by atoms with Gasteiger partial charge in [0.05, 0.1) is 24.0 Å². The third-order valence-corrected chi connectivity index (χ3v) is 2.59. The predicted molar refractivity (Wildman–Crippen MR) is 72.6 cm³/mol. The van der Waals surface area contributed by atoms with Gasteiger partial charge in [-0.25, -0.2) is 4.98 Å². The molecule has 0 spiro atoms. The highest BCUT2D eigenvalue weighted by Crippen LogP contribution is 2.12. The standard InChI is InChI=1S/C12H16N6O/c1-8-2-3-10(11(14)19)12(17-8)15-4-5-18-7-9(13)6-16-18/h2-3,6-7H,4-5,13H2,1H3,(H2,14,19)(H,15,17). The number of carbonyl (C=O) groups excluding carboxylic acids is 1. The van der Waals surface area contributed by atoms with E-state index in [1.807, 2.05) is 6.92 Å². The van der Waals surface area contributed by atoms with E-state index in [2.05, 4.69) is 15.4 Å². The van der Waals surface area contributed by atoms with E-state index in [4.69, 9.17) is 11.5 Å². The van der Waals surface area contributed by atoms with E-state index in [0.717, 1.165) is 5.69 Å². The molecule has 0 aromatic carbocycles. The summed E-state index contributed by atoms with van der Waals surface area (Å²) in [5.41, 5.74) is 12.7. The quantitative estimate of drug-likeness (QED) is 0.719. The Bertz CT molecular complexity index is 592. The summed E-state index contributed by atoms with van der Waals surface area (Å²) in [5, 5.41) is 7.14. The summed E-state index contributed by atoms with van der Waals surface area (Å²) in [6, 6.07) is 3.42. The number of rotatable bonds is 5. The molecule has 2 heterocycles. The fourth-order valence-electron chi connectivity index (χ4n) is 1.68. The largest absolute Gasteiger partial charge is 0.396 e. The topological polar surface area (TPSA) is 112 Å². The minimum atomic E-state index is -0.502. The van der Waals surface area contributed by atoms with Crippen LogP contribution in [-0.2, 0) is 6.54 Å². The number of amides is 1. The first kappa shape index (κ1) is 12.9. The van der Waals surface area contributed by atoms with Crippen LogP contribution in [0.5, 0.6) is 0 Å². The van der Waals surface area contributed by atoms with Gasteiger partial charge >= 0.3 is 0 Å². The van der Waals surface area contributed by atoms with E-state index >= 15 is 0 Å². The summed E-state index contributed by atoms with van der Waals surface area (Å²) >= 11 is 0. The minimum Gasteiger partial charge on any atom is -0.396 e. The van der Waals surface area contributed by atoms with Gasteiger partial charge < -0.3 is 16.8 Å². The number of aromatic nitrogens is 3. The molecular formula is C12H16N6O. The number of hydrogen-bond acceptors (Lipinski definition) is 5. The minimum absolute atomic E-state index is 0.380. The Kier molecular flexibility index (Phi) is 3.65. The molecule has 5 N–H and O–H groups in total. The number of carbonyl (C=O) groups is 1. The highest BCUT2D eigenvalue weighted by molar-refractivity contribution is 5.97. The van der Waals surface area contributed by atoms with Crippen LogP contribution >= 0.6 is 0 Å². The van der Waals surface area contributed by atoms with Crippen LogP contribution in [0, 0.1) is 6.92 Å². The smallest absolute Gasteiger partial charge is 0.252 e. The molecule has 100 valence electrons. The number of nitrogens with one attached hydrogen (secondary N) is 1. The van der Waals surface area contributed by atoms with E-state index < -0.39 is 5.91 Å². The van der Waals surface area contributed by atoms with Crippen molar-refractivity contribution in [3.63, 3.8) is 0 Å². The Labute approximate surface area is 110 Å². The van der Waals surface area contributed by atoms with Crippen molar-refractivity contribution < 1.29 is 4.79 Å². The SMILES string of the molecule is Cc1ccc(C(N)=O)c(NCCn2cc(N)cn2)n1. The fourth-order valence-corrected chi connectivity index (χ4v) is 1.68. The highest BCUT2D eigenvalue weighted by Gasteiger charge is 2.09. The molecule has 7 nitrogen and oxygen atoms in total. The van der Waals surface area contributed by atoms with Crippen LogP contribution in [0.4, 0.5) is 11.5 Å². The van der Waals surface area contributed by atoms with Gasteiger partial charge in [-0.3, -0.25) is 9.48 Å². The zero-order valence-electron chi connectivity index (χ0n) is 10.6. The lowest BCUT2D eigenvalue weighted by Gasteiger charge is -2.09. The van der Waals surface area contributed by atoms with E-state index in [-0.39, 0.29) is 0 Å². The molecule has 19 heavy (non-hydrogen) atoms. The molecule has 0 aliphatic carbocycles. The van der Waals surface area contributed by atoms with Crippen molar-refractivity contribution in [3.05, 3.63) is 35.8 Å². The van der Waals surface area contributed by atoms with Crippen molar-refractivity contribution in [3.8, 4) is 0 Å². The zero-order valence-corrected chi connectivity index (χ0v) is 10.6. The number of nitrogen functional groups attached to an aromatic ring is 1. The van der Waals surface area contributed by atoms with Gasteiger partial charge in [0.1, 0.15) is 5.82 Å². The van der Waals surface area contributed by atoms with Gasteiger partial charge in [0, 0.05) is 18.4 Å². The molecular weight excluding hydrogens is 244 g/mol. The normalized spacial score (nSPS) is 10.4. The Balaban J connectivity index is 2.02. The molecule has 0 atom stereocenters. The highest BCUT2D eigenvalue weighted by atomic mass is 16.1. The number of nitrogens with two attached hydrogens (primary N) is 2. The number of hydrogen-bond donors (Lipinski definition) is 3. The second kappa shape index (κ2) is 5.38. The Morgan fingerprint density at radius 2 is 2.26 bits per heavy atom. The van der Waals surface area contributed by atoms with Gasteiger partial charge in [0.15, 0.2) is 0 Å². The molecule has 7 heteroatoms. The van der Waals surface area contributed by atoms with Crippen molar-refractivity contribution in [1.29, 1.82) is 0 Å². The number of aryl methyl sites for hydroxylation is 1. The van der Waals surface area contributed by atoms with Crippen LogP contribution in [0.25, 0.3) is 0 Å². The van der Waals surface area contributed by atoms with Crippen LogP contribution in [0.3, 0.4) is 0 Å². The van der Waals surface area contributed by atoms with Crippen molar-refractivity contribution in [2.24, 2.45) is 5.73 Å². The summed E-state index contributed by atoms with van der Waals surface area (Å²) in [4.78, 5) is 15.5. The van der Waals surface area contributed by atoms with Crippen molar-refractivity contribution >= 4 is 17.4 Å². The lowest BCUT2D eigenvalue weighted by molar-refractivity contribution is 0.100. The van der Waals surface area contributed by atoms with Crippen LogP contribution in [0.2, 0.25) is 0 Å². The van der Waals surface area contributed by atoms with E-state index in [1.54, 1.807) is 29.2 Å². The van der Waals surface area contributed by atoms with E-state index in [1.165, 1.54) is 0 Å². The summed E-state index contributed by atoms with van der Waals surface area (Å²) in [5.74, 6) is -0.00837. The molecule has 0 radical (unpaired) electrons. The third kappa shape index (κ3) is 3.21. The lowest BCUT2D eigenvalue weighted by atomic mass is 10.2. The molecule has 1 amide bonds. The Morgan fingerprint density at radius 1 is 1.47 bits per heavy atom. The fraction of sp³-hybridized carbons (Fsp3) is 0.250. The maximum atomic E-state index is 11.3. The molecule has 0 saturated carbocycles. The first-order chi connectivity index (χ1) is 9.06. The molecule has 0 aliphatic rings. The molecule has 0 aliphatic heterocycles. The molecule has 0 fully saturated rings. The summed E-state index contributed by atoms with van der Waals surface area (Å²) in [6.45, 7) is 3.03. The number of pyridine rings is 1. The maximum Gasteiger partial charge on any atom is 0.252 e. The average molecular weight is 260 g/mol. The molecule has 0 saturated heterocycles. The van der Waals surface area contributed by atoms with Crippen molar-refractivity contribution in [2.45, 2.75) is 13.5 Å². The van der Waals surface area contributed by atoms with Gasteiger partial charge in [0.25, 0.3) is 5.91 Å². The predicted octanol–water partition coefficient (Wildman–Crippen LogP) is 0.380. The van der Waals surface area contributed by atoms with Gasteiger partial charge in [-0.15, -0.1) is 0 Å².